The molecule has 0 aliphatic rings. The van der Waals surface area contributed by atoms with Crippen LogP contribution in [-0.2, 0) is 0 Å². The third-order valence-corrected chi connectivity index (χ3v) is 5.48. The van der Waals surface area contributed by atoms with Crippen molar-refractivity contribution < 1.29 is 19.2 Å². The van der Waals surface area contributed by atoms with Crippen LogP contribution in [0.1, 0.15) is 41.4 Å². The van der Waals surface area contributed by atoms with E-state index in [0.717, 1.165) is 0 Å². The van der Waals surface area contributed by atoms with Crippen LogP contribution in [0.5, 0.6) is 0 Å². The Kier molecular flexibility index (Phi) is 7.25. The van der Waals surface area contributed by atoms with Crippen molar-refractivity contribution in [3.63, 3.8) is 0 Å². The van der Waals surface area contributed by atoms with Gasteiger partial charge in [0.1, 0.15) is 0 Å². The molecule has 37 heavy (non-hydrogen) atoms. The lowest BCUT2D eigenvalue weighted by Crippen LogP contribution is -2.15. The highest BCUT2D eigenvalue weighted by Crippen LogP contribution is 2.30. The van der Waals surface area contributed by atoms with Gasteiger partial charge in [-0.15, -0.1) is 0 Å². The Hall–Kier alpha value is -5.44. The summed E-state index contributed by atoms with van der Waals surface area (Å²) in [5.74, 6) is -1.89. The smallest absolute Gasteiger partial charge is 0.255 e. The first kappa shape index (κ1) is 24.7. The second-order valence-corrected chi connectivity index (χ2v) is 8.01. The highest BCUT2D eigenvalue weighted by Gasteiger charge is 2.13. The predicted molar refractivity (Wildman–Crippen MR) is 142 cm³/mol. The van der Waals surface area contributed by atoms with E-state index in [-0.39, 0.29) is 11.8 Å². The molecule has 0 saturated carbocycles. The van der Waals surface area contributed by atoms with Crippen LogP contribution in [0.2, 0.25) is 0 Å². The van der Waals surface area contributed by atoms with Gasteiger partial charge in [-0.2, -0.15) is 0 Å². The maximum absolute atomic E-state index is 12.8. The normalized spacial score (nSPS) is 10.3. The Labute approximate surface area is 212 Å². The van der Waals surface area contributed by atoms with Gasteiger partial charge in [0.05, 0.1) is 22.7 Å². The fourth-order valence-corrected chi connectivity index (χ4v) is 3.51. The summed E-state index contributed by atoms with van der Waals surface area (Å²) < 4.78 is 0. The summed E-state index contributed by atoms with van der Waals surface area (Å²) in [5, 5.41) is 8.96. The number of para-hydroxylation sites is 4. The topological polar surface area (TPSA) is 156 Å². The number of hydrogen-bond donors (Lipinski definition) is 5. The van der Waals surface area contributed by atoms with Crippen molar-refractivity contribution in [1.29, 1.82) is 0 Å². The van der Waals surface area contributed by atoms with Gasteiger partial charge in [0.25, 0.3) is 11.8 Å². The van der Waals surface area contributed by atoms with Crippen molar-refractivity contribution in [2.24, 2.45) is 11.5 Å². The second-order valence-electron chi connectivity index (χ2n) is 8.01. The molecule has 0 aromatic heterocycles. The highest BCUT2D eigenvalue weighted by molar-refractivity contribution is 6.08. The number of nitrogens with two attached hydrogens (primary N) is 2. The molecule has 9 heteroatoms. The summed E-state index contributed by atoms with van der Waals surface area (Å²) >= 11 is 0. The zero-order valence-corrected chi connectivity index (χ0v) is 19.5. The van der Waals surface area contributed by atoms with Gasteiger partial charge in [-0.05, 0) is 72.8 Å². The fourth-order valence-electron chi connectivity index (χ4n) is 3.51. The van der Waals surface area contributed by atoms with Crippen molar-refractivity contribution in [2.45, 2.75) is 0 Å². The quantitative estimate of drug-likeness (QED) is 0.249. The molecule has 0 aliphatic carbocycles. The third-order valence-electron chi connectivity index (χ3n) is 5.48. The third kappa shape index (κ3) is 5.98. The summed E-state index contributed by atoms with van der Waals surface area (Å²) in [5.41, 5.74) is 14.0. The molecule has 4 amide bonds. The van der Waals surface area contributed by atoms with Crippen LogP contribution in [0.25, 0.3) is 0 Å². The van der Waals surface area contributed by atoms with Crippen molar-refractivity contribution in [2.75, 3.05) is 16.0 Å². The van der Waals surface area contributed by atoms with Crippen molar-refractivity contribution >= 4 is 46.4 Å². The first-order valence-electron chi connectivity index (χ1n) is 11.2. The molecule has 0 spiro atoms. The first-order chi connectivity index (χ1) is 17.8. The zero-order chi connectivity index (χ0) is 26.4. The number of benzene rings is 4. The zero-order valence-electron chi connectivity index (χ0n) is 19.5. The van der Waals surface area contributed by atoms with Crippen LogP contribution >= 0.6 is 0 Å². The average Bonchev–Trinajstić information content (AvgIpc) is 2.91. The molecule has 7 N–H and O–H groups in total. The largest absolute Gasteiger partial charge is 0.366 e. The maximum Gasteiger partial charge on any atom is 0.255 e. The minimum atomic E-state index is -0.574. The predicted octanol–water partition coefficient (Wildman–Crippen LogP) is 4.13. The lowest BCUT2D eigenvalue weighted by molar-refractivity contribution is 0.0991. The molecule has 0 fully saturated rings. The maximum atomic E-state index is 12.8. The van der Waals surface area contributed by atoms with Crippen LogP contribution < -0.4 is 27.4 Å². The van der Waals surface area contributed by atoms with Gasteiger partial charge in [-0.25, -0.2) is 0 Å². The number of carbonyl (C=O) groups excluding carboxylic acids is 4. The van der Waals surface area contributed by atoms with Gasteiger partial charge in [-0.1, -0.05) is 24.3 Å². The molecule has 9 nitrogen and oxygen atoms in total. The van der Waals surface area contributed by atoms with E-state index in [9.17, 15) is 19.2 Å². The van der Waals surface area contributed by atoms with E-state index >= 15 is 0 Å². The van der Waals surface area contributed by atoms with E-state index in [1.807, 2.05) is 0 Å². The fraction of sp³-hybridized carbons (Fsp3) is 0. The number of primary amides is 2. The van der Waals surface area contributed by atoms with E-state index in [4.69, 9.17) is 11.5 Å². The molecule has 4 aromatic rings. The Morgan fingerprint density at radius 2 is 0.730 bits per heavy atom. The number of nitrogens with one attached hydrogen (secondary N) is 3. The molecule has 0 atom stereocenters. The number of anilines is 4. The van der Waals surface area contributed by atoms with Gasteiger partial charge in [0.2, 0.25) is 11.8 Å². The lowest BCUT2D eigenvalue weighted by Gasteiger charge is -2.16. The standard InChI is InChI=1S/C28H23N5O4/c29-25(34)17-9-13-19(14-10-17)27(36)32-23-7-3-1-5-21(23)31-22-6-2-4-8-24(22)33-28(37)20-15-11-18(12-16-20)26(30)35/h1-16,31H,(H2,29,34)(H2,30,35)(H,32,36)(H,33,37). The van der Waals surface area contributed by atoms with Gasteiger partial charge in [0.15, 0.2) is 0 Å². The molecule has 4 aromatic carbocycles. The van der Waals surface area contributed by atoms with Gasteiger partial charge < -0.3 is 27.4 Å². The van der Waals surface area contributed by atoms with Crippen molar-refractivity contribution in [3.05, 3.63) is 119 Å². The number of amides is 4. The second kappa shape index (κ2) is 10.9. The van der Waals surface area contributed by atoms with Gasteiger partial charge in [0, 0.05) is 22.3 Å². The van der Waals surface area contributed by atoms with Crippen LogP contribution in [0, 0.1) is 0 Å². The molecule has 0 radical (unpaired) electrons. The molecule has 184 valence electrons. The van der Waals surface area contributed by atoms with Crippen molar-refractivity contribution in [1.82, 2.24) is 0 Å². The Bertz CT molecular complexity index is 1370. The molecular formula is C28H23N5O4. The monoisotopic (exact) mass is 493 g/mol. The SMILES string of the molecule is NC(=O)c1ccc(C(=O)Nc2ccccc2Nc2ccccc2NC(=O)c2ccc(C(N)=O)cc2)cc1. The molecular weight excluding hydrogens is 470 g/mol. The molecule has 0 saturated heterocycles. The van der Waals surface area contributed by atoms with Crippen LogP contribution in [0.4, 0.5) is 22.7 Å². The van der Waals surface area contributed by atoms with E-state index in [2.05, 4.69) is 16.0 Å². The van der Waals surface area contributed by atoms with E-state index < -0.39 is 11.8 Å². The Morgan fingerprint density at radius 1 is 0.432 bits per heavy atom. The number of hydrogen-bond acceptors (Lipinski definition) is 5. The average molecular weight is 494 g/mol. The van der Waals surface area contributed by atoms with E-state index in [1.165, 1.54) is 48.5 Å². The summed E-state index contributed by atoms with van der Waals surface area (Å²) in [4.78, 5) is 48.1. The molecule has 0 unspecified atom stereocenters. The molecule has 0 aliphatic heterocycles. The molecule has 0 heterocycles. The molecule has 4 rings (SSSR count). The lowest BCUT2D eigenvalue weighted by atomic mass is 10.1. The van der Waals surface area contributed by atoms with Gasteiger partial charge in [-0.3, -0.25) is 19.2 Å². The van der Waals surface area contributed by atoms with Crippen LogP contribution in [-0.4, -0.2) is 23.6 Å². The molecule has 0 bridgehead atoms. The Balaban J connectivity index is 1.51. The minimum absolute atomic E-state index is 0.307. The summed E-state index contributed by atoms with van der Waals surface area (Å²) in [6.45, 7) is 0. The van der Waals surface area contributed by atoms with Gasteiger partial charge >= 0.3 is 0 Å². The number of rotatable bonds is 8. The van der Waals surface area contributed by atoms with Crippen LogP contribution in [0.3, 0.4) is 0 Å². The number of carbonyl (C=O) groups is 4. The van der Waals surface area contributed by atoms with Crippen LogP contribution in [0.15, 0.2) is 97.1 Å². The summed E-state index contributed by atoms with van der Waals surface area (Å²) in [6.07, 6.45) is 0. The minimum Gasteiger partial charge on any atom is -0.366 e. The summed E-state index contributed by atoms with van der Waals surface area (Å²) in [6, 6.07) is 26.2. The van der Waals surface area contributed by atoms with E-state index in [1.54, 1.807) is 48.5 Å². The summed E-state index contributed by atoms with van der Waals surface area (Å²) in [7, 11) is 0. The van der Waals surface area contributed by atoms with Crippen molar-refractivity contribution in [3.8, 4) is 0 Å². The highest BCUT2D eigenvalue weighted by atomic mass is 16.2. The first-order valence-corrected chi connectivity index (χ1v) is 11.2. The van der Waals surface area contributed by atoms with E-state index in [0.29, 0.717) is 45.0 Å². The Morgan fingerprint density at radius 3 is 1.05 bits per heavy atom.